The first-order chi connectivity index (χ1) is 8.46. The third kappa shape index (κ3) is 8.46. The van der Waals surface area contributed by atoms with Gasteiger partial charge in [-0.15, -0.1) is 0 Å². The van der Waals surface area contributed by atoms with Gasteiger partial charge in [0.2, 0.25) is 0 Å². The number of hydrogen-bond donors (Lipinski definition) is 0. The van der Waals surface area contributed by atoms with Crippen LogP contribution in [-0.4, -0.2) is 25.2 Å². The van der Waals surface area contributed by atoms with Gasteiger partial charge in [0.15, 0.2) is 0 Å². The molecule has 0 aliphatic carbocycles. The van der Waals surface area contributed by atoms with Gasteiger partial charge in [-0.3, -0.25) is 0 Å². The first kappa shape index (κ1) is 18.4. The van der Waals surface area contributed by atoms with E-state index < -0.39 is 6.91 Å². The van der Waals surface area contributed by atoms with E-state index in [1.807, 2.05) is 6.66 Å². The van der Waals surface area contributed by atoms with Crippen LogP contribution < -0.4 is 0 Å². The second-order valence-corrected chi connectivity index (χ2v) is 12.1. The van der Waals surface area contributed by atoms with Crippen molar-refractivity contribution in [2.75, 3.05) is 25.2 Å². The quantitative estimate of drug-likeness (QED) is 0.278. The molecule has 0 rings (SSSR count). The molecule has 0 saturated heterocycles. The summed E-state index contributed by atoms with van der Waals surface area (Å²) in [5.74, 6) is 0. The van der Waals surface area contributed by atoms with Crippen molar-refractivity contribution in [3.05, 3.63) is 0 Å². The Bertz CT molecular complexity index is 168. The van der Waals surface area contributed by atoms with Gasteiger partial charge in [-0.25, -0.2) is 0 Å². The molecular weight excluding hydrogens is 242 g/mol. The van der Waals surface area contributed by atoms with Crippen LogP contribution in [0.3, 0.4) is 0 Å². The normalized spacial score (nSPS) is 14.4. The summed E-state index contributed by atoms with van der Waals surface area (Å²) in [6.45, 7) is 5.81. The van der Waals surface area contributed by atoms with Crippen molar-refractivity contribution < 1.29 is 4.20 Å². The average molecular weight is 278 g/mol. The topological polar surface area (TPSA) is 0 Å². The van der Waals surface area contributed by atoms with Crippen molar-refractivity contribution in [1.82, 2.24) is 0 Å². The summed E-state index contributed by atoms with van der Waals surface area (Å²) in [4.78, 5) is 0. The Morgan fingerprint density at radius 1 is 0.611 bits per heavy atom. The number of halogens is 1. The number of unbranched alkanes of at least 4 members (excludes halogenated alkanes) is 6. The van der Waals surface area contributed by atoms with Crippen LogP contribution in [0.5, 0.6) is 0 Å². The van der Waals surface area contributed by atoms with Gasteiger partial charge in [0.25, 0.3) is 0 Å². The van der Waals surface area contributed by atoms with Crippen molar-refractivity contribution in [3.8, 4) is 0 Å². The van der Waals surface area contributed by atoms with E-state index in [4.69, 9.17) is 0 Å². The van der Waals surface area contributed by atoms with E-state index in [9.17, 15) is 0 Å². The molecule has 0 aromatic heterocycles. The fraction of sp³-hybridized carbons (Fsp3) is 1.00. The van der Waals surface area contributed by atoms with Gasteiger partial charge in [-0.2, -0.15) is 0 Å². The van der Waals surface area contributed by atoms with Crippen LogP contribution >= 0.6 is 6.91 Å². The van der Waals surface area contributed by atoms with Gasteiger partial charge < -0.3 is 0 Å². The average Bonchev–Trinajstić information content (AvgIpc) is 2.30. The third-order valence-corrected chi connectivity index (χ3v) is 8.85. The second-order valence-electron chi connectivity index (χ2n) is 6.44. The molecule has 0 aromatic rings. The molecule has 0 atom stereocenters. The van der Waals surface area contributed by atoms with Crippen LogP contribution in [0, 0.1) is 0 Å². The van der Waals surface area contributed by atoms with E-state index in [0.717, 1.165) is 37.7 Å². The molecule has 0 aromatic carbocycles. The molecule has 18 heavy (non-hydrogen) atoms. The molecule has 0 unspecified atom stereocenters. The zero-order valence-corrected chi connectivity index (χ0v) is 14.2. The predicted molar refractivity (Wildman–Crippen MR) is 87.1 cm³/mol. The van der Waals surface area contributed by atoms with Crippen LogP contribution in [0.15, 0.2) is 0 Å². The molecule has 0 nitrogen and oxygen atoms in total. The molecular formula is C16H36FP. The predicted octanol–water partition coefficient (Wildman–Crippen LogP) is 6.62. The Balaban J connectivity index is 4.33. The van der Waals surface area contributed by atoms with Crippen LogP contribution in [0.25, 0.3) is 0 Å². The monoisotopic (exact) mass is 278 g/mol. The van der Waals surface area contributed by atoms with Crippen LogP contribution in [0.1, 0.15) is 78.6 Å². The number of rotatable bonds is 12. The van der Waals surface area contributed by atoms with E-state index in [0.29, 0.717) is 0 Å². The van der Waals surface area contributed by atoms with E-state index >= 15 is 4.20 Å². The van der Waals surface area contributed by atoms with E-state index in [-0.39, 0.29) is 0 Å². The zero-order valence-electron chi connectivity index (χ0n) is 13.3. The van der Waals surface area contributed by atoms with Crippen LogP contribution in [0.2, 0.25) is 0 Å². The summed E-state index contributed by atoms with van der Waals surface area (Å²) in [6.07, 6.45) is 13.3. The first-order valence-electron chi connectivity index (χ1n) is 8.19. The minimum absolute atomic E-state index is 0.896. The summed E-state index contributed by atoms with van der Waals surface area (Å²) in [5.41, 5.74) is 0. The van der Waals surface area contributed by atoms with Crippen LogP contribution in [-0.2, 0) is 0 Å². The van der Waals surface area contributed by atoms with Crippen molar-refractivity contribution >= 4 is 6.91 Å². The first-order valence-corrected chi connectivity index (χ1v) is 11.3. The Hall–Kier alpha value is 0.360. The fourth-order valence-corrected chi connectivity index (χ4v) is 6.74. The summed E-state index contributed by atoms with van der Waals surface area (Å²) < 4.78 is 15.6. The molecule has 0 heterocycles. The Labute approximate surface area is 115 Å². The van der Waals surface area contributed by atoms with E-state index in [1.54, 1.807) is 0 Å². The molecule has 0 amide bonds. The molecule has 0 spiro atoms. The van der Waals surface area contributed by atoms with E-state index in [1.165, 1.54) is 38.5 Å². The number of hydrogen-bond acceptors (Lipinski definition) is 0. The second kappa shape index (κ2) is 9.29. The summed E-state index contributed by atoms with van der Waals surface area (Å²) in [6, 6.07) is 0. The molecule has 0 aliphatic rings. The van der Waals surface area contributed by atoms with Crippen molar-refractivity contribution in [2.45, 2.75) is 78.6 Å². The summed E-state index contributed by atoms with van der Waals surface area (Å²) >= 11 is 0. The van der Waals surface area contributed by atoms with Gasteiger partial charge >= 0.3 is 115 Å². The minimum atomic E-state index is -2.84. The molecule has 0 N–H and O–H groups in total. The standard InChI is InChI=1S/C16H36FP/c1-5-8-11-14-18(4,17,15-12-9-6-2)16-13-10-7-3/h5-16H2,1-4H3. The summed E-state index contributed by atoms with van der Waals surface area (Å²) in [5, 5.41) is 0. The Morgan fingerprint density at radius 2 is 0.889 bits per heavy atom. The molecule has 0 fully saturated rings. The fourth-order valence-electron chi connectivity index (χ4n) is 2.75. The van der Waals surface area contributed by atoms with Crippen molar-refractivity contribution in [2.24, 2.45) is 0 Å². The van der Waals surface area contributed by atoms with E-state index in [2.05, 4.69) is 20.8 Å². The Morgan fingerprint density at radius 3 is 1.11 bits per heavy atom. The van der Waals surface area contributed by atoms with Gasteiger partial charge in [-0.05, 0) is 0 Å². The zero-order chi connectivity index (χ0) is 13.9. The molecule has 0 aliphatic heterocycles. The van der Waals surface area contributed by atoms with Gasteiger partial charge in [0.1, 0.15) is 0 Å². The van der Waals surface area contributed by atoms with Gasteiger partial charge in [-0.1, -0.05) is 0 Å². The molecule has 0 saturated carbocycles. The SMILES string of the molecule is CCCCCP(C)(F)(CCCCC)CCCCC. The van der Waals surface area contributed by atoms with Crippen molar-refractivity contribution in [1.29, 1.82) is 0 Å². The molecule has 0 bridgehead atoms. The summed E-state index contributed by atoms with van der Waals surface area (Å²) in [7, 11) is 0. The van der Waals surface area contributed by atoms with Gasteiger partial charge in [0, 0.05) is 0 Å². The third-order valence-electron chi connectivity index (χ3n) is 4.16. The van der Waals surface area contributed by atoms with Gasteiger partial charge in [0.05, 0.1) is 0 Å². The maximum absolute atomic E-state index is 15.6. The molecule has 112 valence electrons. The molecule has 0 radical (unpaired) electrons. The maximum atomic E-state index is 15.6. The van der Waals surface area contributed by atoms with Crippen molar-refractivity contribution in [3.63, 3.8) is 0 Å². The van der Waals surface area contributed by atoms with Crippen LogP contribution in [0.4, 0.5) is 4.20 Å². The Kier molecular flexibility index (Phi) is 9.48. The molecule has 2 heteroatoms.